The summed E-state index contributed by atoms with van der Waals surface area (Å²) < 4.78 is 3.03. The zero-order valence-electron chi connectivity index (χ0n) is 12.9. The van der Waals surface area contributed by atoms with E-state index in [1.54, 1.807) is 0 Å². The van der Waals surface area contributed by atoms with Gasteiger partial charge in [-0.2, -0.15) is 0 Å². The fraction of sp³-hybridized carbons (Fsp3) is 0.500. The van der Waals surface area contributed by atoms with Crippen molar-refractivity contribution in [3.05, 3.63) is 16.5 Å². The number of nitrogens with zero attached hydrogens (tertiary/aromatic N) is 3. The van der Waals surface area contributed by atoms with Crippen molar-refractivity contribution in [2.45, 2.75) is 32.7 Å². The van der Waals surface area contributed by atoms with Crippen molar-refractivity contribution in [3.8, 4) is 11.8 Å². The molecule has 3 rings (SSSR count). The van der Waals surface area contributed by atoms with E-state index in [0.29, 0.717) is 11.7 Å². The monoisotopic (exact) mass is 361 g/mol. The second-order valence-corrected chi connectivity index (χ2v) is 6.67. The fourth-order valence-corrected chi connectivity index (χ4v) is 3.54. The number of nitrogens with two attached hydrogens (primary N) is 1. The van der Waals surface area contributed by atoms with E-state index in [1.807, 2.05) is 0 Å². The van der Waals surface area contributed by atoms with Crippen LogP contribution in [-0.4, -0.2) is 27.6 Å². The standard InChI is InChI=1S/C16H20BrN5/c1-10(2)22-12(4-3-11-5-7-19-8-6-11)14(17)13-15(18)20-9-21-16(13)22/h9-11,19H,5-8H2,1-2H3,(H2,18,20,21). The minimum absolute atomic E-state index is 0.250. The van der Waals surface area contributed by atoms with Gasteiger partial charge in [0.15, 0.2) is 0 Å². The van der Waals surface area contributed by atoms with Gasteiger partial charge in [0.2, 0.25) is 0 Å². The summed E-state index contributed by atoms with van der Waals surface area (Å²) in [6.07, 6.45) is 3.72. The van der Waals surface area contributed by atoms with E-state index in [1.165, 1.54) is 6.33 Å². The molecule has 3 heterocycles. The van der Waals surface area contributed by atoms with E-state index in [-0.39, 0.29) is 6.04 Å². The highest BCUT2D eigenvalue weighted by molar-refractivity contribution is 9.10. The highest BCUT2D eigenvalue weighted by Gasteiger charge is 2.20. The third kappa shape index (κ3) is 2.71. The van der Waals surface area contributed by atoms with Gasteiger partial charge in [-0.25, -0.2) is 9.97 Å². The van der Waals surface area contributed by atoms with Crippen molar-refractivity contribution in [2.24, 2.45) is 5.92 Å². The molecule has 0 saturated carbocycles. The Bertz CT molecular complexity index is 747. The van der Waals surface area contributed by atoms with E-state index in [0.717, 1.165) is 47.1 Å². The molecule has 2 aromatic heterocycles. The Hall–Kier alpha value is -1.58. The van der Waals surface area contributed by atoms with Gasteiger partial charge in [0.1, 0.15) is 23.5 Å². The van der Waals surface area contributed by atoms with Crippen molar-refractivity contribution < 1.29 is 0 Å². The molecule has 1 aliphatic rings. The average molecular weight is 362 g/mol. The Kier molecular flexibility index (Phi) is 4.37. The molecule has 0 radical (unpaired) electrons. The van der Waals surface area contributed by atoms with E-state index in [9.17, 15) is 0 Å². The summed E-state index contributed by atoms with van der Waals surface area (Å²) in [5.41, 5.74) is 7.80. The van der Waals surface area contributed by atoms with Gasteiger partial charge in [0.25, 0.3) is 0 Å². The number of aromatic nitrogens is 3. The molecular formula is C16H20BrN5. The highest BCUT2D eigenvalue weighted by atomic mass is 79.9. The van der Waals surface area contributed by atoms with Crippen molar-refractivity contribution >= 4 is 32.8 Å². The maximum atomic E-state index is 6.03. The summed E-state index contributed by atoms with van der Waals surface area (Å²) in [5, 5.41) is 4.22. The molecule has 6 heteroatoms. The lowest BCUT2D eigenvalue weighted by molar-refractivity contribution is 0.447. The number of nitrogens with one attached hydrogen (secondary N) is 1. The number of rotatable bonds is 1. The smallest absolute Gasteiger partial charge is 0.147 e. The summed E-state index contributed by atoms with van der Waals surface area (Å²) >= 11 is 3.65. The zero-order chi connectivity index (χ0) is 15.7. The first-order valence-electron chi connectivity index (χ1n) is 7.61. The van der Waals surface area contributed by atoms with Crippen LogP contribution in [0.1, 0.15) is 38.4 Å². The Morgan fingerprint density at radius 3 is 2.77 bits per heavy atom. The van der Waals surface area contributed by atoms with Crippen LogP contribution < -0.4 is 11.1 Å². The van der Waals surface area contributed by atoms with Crippen LogP contribution >= 0.6 is 15.9 Å². The van der Waals surface area contributed by atoms with E-state index >= 15 is 0 Å². The molecule has 1 aliphatic heterocycles. The van der Waals surface area contributed by atoms with Crippen LogP contribution in [0.2, 0.25) is 0 Å². The lowest BCUT2D eigenvalue weighted by Gasteiger charge is -2.17. The molecule has 1 saturated heterocycles. The Balaban J connectivity index is 2.12. The largest absolute Gasteiger partial charge is 0.383 e. The Morgan fingerprint density at radius 1 is 1.36 bits per heavy atom. The van der Waals surface area contributed by atoms with Crippen molar-refractivity contribution in [3.63, 3.8) is 0 Å². The van der Waals surface area contributed by atoms with Crippen LogP contribution in [0, 0.1) is 17.8 Å². The lowest BCUT2D eigenvalue weighted by atomic mass is 9.99. The van der Waals surface area contributed by atoms with Gasteiger partial charge in [0.05, 0.1) is 9.86 Å². The van der Waals surface area contributed by atoms with Crippen LogP contribution in [0.5, 0.6) is 0 Å². The van der Waals surface area contributed by atoms with Crippen LogP contribution in [0.3, 0.4) is 0 Å². The fourth-order valence-electron chi connectivity index (χ4n) is 2.87. The molecule has 2 aromatic rings. The molecule has 5 nitrogen and oxygen atoms in total. The number of anilines is 1. The number of halogens is 1. The number of piperidine rings is 1. The van der Waals surface area contributed by atoms with Crippen LogP contribution in [0.4, 0.5) is 5.82 Å². The Morgan fingerprint density at radius 2 is 2.09 bits per heavy atom. The predicted molar refractivity (Wildman–Crippen MR) is 92.5 cm³/mol. The SMILES string of the molecule is CC(C)n1c(C#CC2CCNCC2)c(Br)c2c(N)ncnc21. The van der Waals surface area contributed by atoms with Gasteiger partial charge >= 0.3 is 0 Å². The van der Waals surface area contributed by atoms with Gasteiger partial charge in [-0.05, 0) is 61.6 Å². The van der Waals surface area contributed by atoms with Gasteiger partial charge < -0.3 is 15.6 Å². The second-order valence-electron chi connectivity index (χ2n) is 5.88. The van der Waals surface area contributed by atoms with Crippen molar-refractivity contribution in [1.29, 1.82) is 0 Å². The summed E-state index contributed by atoms with van der Waals surface area (Å²) in [7, 11) is 0. The first-order chi connectivity index (χ1) is 10.6. The first-order valence-corrected chi connectivity index (χ1v) is 8.41. The topological polar surface area (TPSA) is 68.8 Å². The number of hydrogen-bond acceptors (Lipinski definition) is 4. The highest BCUT2D eigenvalue weighted by Crippen LogP contribution is 2.34. The summed E-state index contributed by atoms with van der Waals surface area (Å²) in [5.74, 6) is 7.73. The third-order valence-electron chi connectivity index (χ3n) is 4.00. The van der Waals surface area contributed by atoms with Gasteiger partial charge in [-0.15, -0.1) is 0 Å². The van der Waals surface area contributed by atoms with Crippen molar-refractivity contribution in [1.82, 2.24) is 19.9 Å². The van der Waals surface area contributed by atoms with Gasteiger partial charge in [-0.1, -0.05) is 5.92 Å². The molecule has 0 bridgehead atoms. The number of nitrogen functional groups attached to an aromatic ring is 1. The van der Waals surface area contributed by atoms with Crippen LogP contribution in [0.15, 0.2) is 10.8 Å². The molecule has 0 spiro atoms. The molecule has 116 valence electrons. The summed E-state index contributed by atoms with van der Waals surface area (Å²) in [4.78, 5) is 8.50. The number of fused-ring (bicyclic) bond motifs is 1. The first kappa shape index (κ1) is 15.3. The molecule has 3 N–H and O–H groups in total. The summed E-state index contributed by atoms with van der Waals surface area (Å²) in [6.45, 7) is 6.35. The normalized spacial score (nSPS) is 16.0. The zero-order valence-corrected chi connectivity index (χ0v) is 14.4. The van der Waals surface area contributed by atoms with Gasteiger partial charge in [0, 0.05) is 12.0 Å². The molecule has 1 fully saturated rings. The number of hydrogen-bond donors (Lipinski definition) is 2. The molecule has 0 amide bonds. The van der Waals surface area contributed by atoms with Crippen LogP contribution in [-0.2, 0) is 0 Å². The molecular weight excluding hydrogens is 342 g/mol. The summed E-state index contributed by atoms with van der Waals surface area (Å²) in [6, 6.07) is 0.250. The predicted octanol–water partition coefficient (Wildman–Crippen LogP) is 2.71. The third-order valence-corrected chi connectivity index (χ3v) is 4.78. The minimum atomic E-state index is 0.250. The maximum Gasteiger partial charge on any atom is 0.147 e. The lowest BCUT2D eigenvalue weighted by Crippen LogP contribution is -2.26. The van der Waals surface area contributed by atoms with Crippen LogP contribution in [0.25, 0.3) is 11.0 Å². The molecule has 0 aromatic carbocycles. The quantitative estimate of drug-likeness (QED) is 0.766. The second kappa shape index (κ2) is 6.27. The Labute approximate surface area is 138 Å². The van der Waals surface area contributed by atoms with E-state index in [4.69, 9.17) is 5.73 Å². The minimum Gasteiger partial charge on any atom is -0.383 e. The molecule has 22 heavy (non-hydrogen) atoms. The molecule has 0 unspecified atom stereocenters. The van der Waals surface area contributed by atoms with Crippen molar-refractivity contribution in [2.75, 3.05) is 18.8 Å². The molecule has 0 aliphatic carbocycles. The molecule has 0 atom stereocenters. The van der Waals surface area contributed by atoms with E-state index in [2.05, 4.69) is 61.5 Å². The maximum absolute atomic E-state index is 6.03. The average Bonchev–Trinajstić information content (AvgIpc) is 2.80. The van der Waals surface area contributed by atoms with E-state index < -0.39 is 0 Å². The van der Waals surface area contributed by atoms with Gasteiger partial charge in [-0.3, -0.25) is 0 Å².